The lowest BCUT2D eigenvalue weighted by Crippen LogP contribution is -2.38. The Balaban J connectivity index is 1.43. The van der Waals surface area contributed by atoms with E-state index in [1.807, 2.05) is 0 Å². The molecule has 0 unspecified atom stereocenters. The van der Waals surface area contributed by atoms with Gasteiger partial charge in [0.2, 0.25) is 5.91 Å². The number of carbonyl (C=O) groups excluding carboxylic acids is 1. The lowest BCUT2D eigenvalue weighted by molar-refractivity contribution is -0.111. The number of hydrogen-bond acceptors (Lipinski definition) is 8. The van der Waals surface area contributed by atoms with Crippen molar-refractivity contribution in [3.63, 3.8) is 0 Å². The second kappa shape index (κ2) is 11.8. The van der Waals surface area contributed by atoms with Gasteiger partial charge in [0.1, 0.15) is 30.3 Å². The number of fused-ring (bicyclic) bond motifs is 1. The molecule has 0 spiro atoms. The molecule has 10 heteroatoms. The van der Waals surface area contributed by atoms with E-state index in [-0.39, 0.29) is 11.7 Å². The van der Waals surface area contributed by atoms with Crippen LogP contribution in [0.25, 0.3) is 22.0 Å². The van der Waals surface area contributed by atoms with E-state index in [2.05, 4.69) is 37.1 Å². The number of rotatable bonds is 9. The van der Waals surface area contributed by atoms with Gasteiger partial charge in [-0.05, 0) is 24.3 Å². The van der Waals surface area contributed by atoms with E-state index in [0.29, 0.717) is 64.8 Å². The van der Waals surface area contributed by atoms with Gasteiger partial charge in [0.05, 0.1) is 36.3 Å². The van der Waals surface area contributed by atoms with Crippen molar-refractivity contribution < 1.29 is 18.7 Å². The summed E-state index contributed by atoms with van der Waals surface area (Å²) in [6.45, 7) is 7.85. The zero-order chi connectivity index (χ0) is 26.3. The van der Waals surface area contributed by atoms with E-state index >= 15 is 0 Å². The van der Waals surface area contributed by atoms with Crippen LogP contribution in [0.3, 0.4) is 0 Å². The van der Waals surface area contributed by atoms with Gasteiger partial charge in [0, 0.05) is 48.4 Å². The number of morpholine rings is 1. The molecule has 1 saturated heterocycles. The molecule has 0 radical (unpaired) electrons. The quantitative estimate of drug-likeness (QED) is 0.317. The van der Waals surface area contributed by atoms with E-state index in [4.69, 9.17) is 9.47 Å². The fourth-order valence-electron chi connectivity index (χ4n) is 4.18. The summed E-state index contributed by atoms with van der Waals surface area (Å²) in [6.07, 6.45) is 5.87. The third-order valence-electron chi connectivity index (χ3n) is 6.13. The summed E-state index contributed by atoms with van der Waals surface area (Å²) in [7, 11) is 0. The molecule has 0 bridgehead atoms. The van der Waals surface area contributed by atoms with Gasteiger partial charge in [-0.1, -0.05) is 24.8 Å². The highest BCUT2D eigenvalue weighted by Gasteiger charge is 2.15. The Labute approximate surface area is 219 Å². The van der Waals surface area contributed by atoms with Crippen LogP contribution in [0.1, 0.15) is 0 Å². The van der Waals surface area contributed by atoms with E-state index in [1.165, 1.54) is 18.5 Å². The van der Waals surface area contributed by atoms with Crippen LogP contribution in [0.5, 0.6) is 5.75 Å². The van der Waals surface area contributed by atoms with Crippen LogP contribution in [0, 0.1) is 5.82 Å². The molecule has 4 aromatic rings. The number of anilines is 3. The summed E-state index contributed by atoms with van der Waals surface area (Å²) >= 11 is 0. The highest BCUT2D eigenvalue weighted by Crippen LogP contribution is 2.34. The number of nitrogens with one attached hydrogen (secondary N) is 2. The summed E-state index contributed by atoms with van der Waals surface area (Å²) in [5.41, 5.74) is 2.79. The molecule has 9 nitrogen and oxygen atoms in total. The maximum Gasteiger partial charge on any atom is 0.247 e. The fourth-order valence-corrected chi connectivity index (χ4v) is 4.18. The molecule has 2 aromatic carbocycles. The van der Waals surface area contributed by atoms with Crippen LogP contribution >= 0.6 is 0 Å². The number of hydrogen-bond donors (Lipinski definition) is 2. The molecule has 1 aliphatic heterocycles. The topological polar surface area (TPSA) is 102 Å². The van der Waals surface area contributed by atoms with Crippen molar-refractivity contribution in [3.8, 4) is 16.9 Å². The Morgan fingerprint density at radius 2 is 2.00 bits per heavy atom. The SMILES string of the molecule is C=CC(=O)Nc1cc2c(Nc3cncc(-c4ccccc4F)c3)ncnc2cc1OCCN1CCOCC1. The molecule has 3 heterocycles. The Bertz CT molecular complexity index is 1460. The minimum atomic E-state index is -0.365. The van der Waals surface area contributed by atoms with Crippen molar-refractivity contribution >= 4 is 34.0 Å². The van der Waals surface area contributed by atoms with Crippen LogP contribution in [-0.2, 0) is 9.53 Å². The van der Waals surface area contributed by atoms with E-state index in [1.54, 1.807) is 48.8 Å². The number of carbonyl (C=O) groups is 1. The third-order valence-corrected chi connectivity index (χ3v) is 6.13. The lowest BCUT2D eigenvalue weighted by atomic mass is 10.1. The number of amides is 1. The standard InChI is InChI=1S/C28H27FN6O3/c1-2-27(36)34-25-14-22-24(15-26(25)38-12-9-35-7-10-37-11-8-35)31-18-32-28(22)33-20-13-19(16-30-17-20)21-5-3-4-6-23(21)29/h2-6,13-18H,1,7-12H2,(H,34,36)(H,31,32,33). The van der Waals surface area contributed by atoms with Crippen molar-refractivity contribution in [2.45, 2.75) is 0 Å². The summed E-state index contributed by atoms with van der Waals surface area (Å²) in [6, 6.07) is 11.9. The van der Waals surface area contributed by atoms with E-state index < -0.39 is 0 Å². The van der Waals surface area contributed by atoms with Gasteiger partial charge in [-0.3, -0.25) is 14.7 Å². The van der Waals surface area contributed by atoms with Gasteiger partial charge in [0.25, 0.3) is 0 Å². The van der Waals surface area contributed by atoms with Crippen LogP contribution in [-0.4, -0.2) is 65.2 Å². The summed E-state index contributed by atoms with van der Waals surface area (Å²) < 4.78 is 25.8. The highest BCUT2D eigenvalue weighted by molar-refractivity contribution is 6.03. The smallest absolute Gasteiger partial charge is 0.247 e. The van der Waals surface area contributed by atoms with Crippen molar-refractivity contribution in [2.75, 3.05) is 50.1 Å². The minimum absolute atomic E-state index is 0.331. The first-order valence-electron chi connectivity index (χ1n) is 12.2. The van der Waals surface area contributed by atoms with Crippen LogP contribution in [0.15, 0.2) is 73.8 Å². The van der Waals surface area contributed by atoms with Crippen molar-refractivity contribution in [2.24, 2.45) is 0 Å². The molecule has 0 aliphatic carbocycles. The third kappa shape index (κ3) is 5.93. The van der Waals surface area contributed by atoms with Crippen LogP contribution in [0.2, 0.25) is 0 Å². The molecule has 1 aliphatic rings. The average Bonchev–Trinajstić information content (AvgIpc) is 2.94. The fraction of sp³-hybridized carbons (Fsp3) is 0.214. The van der Waals surface area contributed by atoms with Crippen molar-refractivity contribution in [1.82, 2.24) is 19.9 Å². The Morgan fingerprint density at radius 1 is 1.16 bits per heavy atom. The first-order chi connectivity index (χ1) is 18.6. The summed E-state index contributed by atoms with van der Waals surface area (Å²) in [4.78, 5) is 27.5. The highest BCUT2D eigenvalue weighted by atomic mass is 19.1. The zero-order valence-electron chi connectivity index (χ0n) is 20.7. The second-order valence-corrected chi connectivity index (χ2v) is 8.65. The number of ether oxygens (including phenoxy) is 2. The van der Waals surface area contributed by atoms with Gasteiger partial charge in [-0.25, -0.2) is 14.4 Å². The molecule has 0 saturated carbocycles. The Hall–Kier alpha value is -4.41. The molecule has 2 aromatic heterocycles. The summed E-state index contributed by atoms with van der Waals surface area (Å²) in [5.74, 6) is 0.295. The number of aromatic nitrogens is 3. The Kier molecular flexibility index (Phi) is 7.81. The lowest BCUT2D eigenvalue weighted by Gasteiger charge is -2.26. The summed E-state index contributed by atoms with van der Waals surface area (Å²) in [5, 5.41) is 6.72. The normalized spacial score (nSPS) is 13.7. The first-order valence-corrected chi connectivity index (χ1v) is 12.2. The second-order valence-electron chi connectivity index (χ2n) is 8.65. The van der Waals surface area contributed by atoms with Crippen molar-refractivity contribution in [1.29, 1.82) is 0 Å². The number of halogens is 1. The maximum absolute atomic E-state index is 14.3. The minimum Gasteiger partial charge on any atom is -0.490 e. The number of pyridine rings is 1. The number of nitrogens with zero attached hydrogens (tertiary/aromatic N) is 4. The predicted octanol–water partition coefficient (Wildman–Crippen LogP) is 4.41. The monoisotopic (exact) mass is 514 g/mol. The van der Waals surface area contributed by atoms with Gasteiger partial charge < -0.3 is 20.1 Å². The van der Waals surface area contributed by atoms with Crippen LogP contribution < -0.4 is 15.4 Å². The maximum atomic E-state index is 14.3. The molecular weight excluding hydrogens is 487 g/mol. The Morgan fingerprint density at radius 3 is 2.82 bits per heavy atom. The van der Waals surface area contributed by atoms with Crippen molar-refractivity contribution in [3.05, 3.63) is 79.7 Å². The molecular formula is C28H27FN6O3. The van der Waals surface area contributed by atoms with E-state index in [0.717, 1.165) is 19.6 Å². The van der Waals surface area contributed by atoms with Gasteiger partial charge in [-0.15, -0.1) is 0 Å². The predicted molar refractivity (Wildman–Crippen MR) is 144 cm³/mol. The van der Waals surface area contributed by atoms with Gasteiger partial charge in [0.15, 0.2) is 0 Å². The zero-order valence-corrected chi connectivity index (χ0v) is 20.7. The molecule has 1 amide bonds. The molecule has 2 N–H and O–H groups in total. The average molecular weight is 515 g/mol. The molecule has 5 rings (SSSR count). The van der Waals surface area contributed by atoms with Crippen LogP contribution in [0.4, 0.5) is 21.6 Å². The van der Waals surface area contributed by atoms with Gasteiger partial charge in [-0.2, -0.15) is 0 Å². The molecule has 1 fully saturated rings. The largest absolute Gasteiger partial charge is 0.490 e. The molecule has 38 heavy (non-hydrogen) atoms. The molecule has 194 valence electrons. The molecule has 0 atom stereocenters. The number of benzene rings is 2. The van der Waals surface area contributed by atoms with E-state index in [9.17, 15) is 9.18 Å². The first kappa shape index (κ1) is 25.2. The van der Waals surface area contributed by atoms with Gasteiger partial charge >= 0.3 is 0 Å².